The zero-order chi connectivity index (χ0) is 21.8. The Morgan fingerprint density at radius 1 is 1.14 bits per heavy atom. The van der Waals surface area contributed by atoms with E-state index >= 15 is 0 Å². The van der Waals surface area contributed by atoms with Gasteiger partial charge in [-0.05, 0) is 48.2 Å². The zero-order valence-electron chi connectivity index (χ0n) is 15.9. The molecule has 0 radical (unpaired) electrons. The Kier molecular flexibility index (Phi) is 7.30. The van der Waals surface area contributed by atoms with Crippen molar-refractivity contribution in [2.75, 3.05) is 5.32 Å². The first kappa shape index (κ1) is 22.7. The fourth-order valence-electron chi connectivity index (χ4n) is 3.07. The Morgan fingerprint density at radius 2 is 1.76 bits per heavy atom. The lowest BCUT2D eigenvalue weighted by molar-refractivity contribution is -0.178. The molecule has 2 N–H and O–H groups in total. The summed E-state index contributed by atoms with van der Waals surface area (Å²) in [6, 6.07) is 10.6. The largest absolute Gasteiger partial charge is 0.481 e. The van der Waals surface area contributed by atoms with Crippen molar-refractivity contribution in [2.24, 2.45) is 5.92 Å². The molecule has 2 atom stereocenters. The third kappa shape index (κ3) is 5.97. The maximum absolute atomic E-state index is 13.4. The third-order valence-corrected chi connectivity index (χ3v) is 5.09. The molecule has 0 aromatic heterocycles. The van der Waals surface area contributed by atoms with E-state index < -0.39 is 29.9 Å². The van der Waals surface area contributed by atoms with Gasteiger partial charge >= 0.3 is 12.1 Å². The molecule has 1 amide bonds. The average molecular weight is 428 g/mol. The molecule has 0 fully saturated rings. The zero-order valence-corrected chi connectivity index (χ0v) is 16.6. The number of carbonyl (C=O) groups is 2. The molecule has 29 heavy (non-hydrogen) atoms. The summed E-state index contributed by atoms with van der Waals surface area (Å²) in [7, 11) is 0. The van der Waals surface area contributed by atoms with Gasteiger partial charge in [0.1, 0.15) is 0 Å². The average Bonchev–Trinajstić information content (AvgIpc) is 2.63. The number of carbonyl (C=O) groups excluding carboxylic acids is 1. The molecule has 0 aliphatic heterocycles. The highest BCUT2D eigenvalue weighted by Gasteiger charge is 2.45. The van der Waals surface area contributed by atoms with Gasteiger partial charge in [0.2, 0.25) is 5.91 Å². The quantitative estimate of drug-likeness (QED) is 0.605. The van der Waals surface area contributed by atoms with Crippen molar-refractivity contribution in [2.45, 2.75) is 38.8 Å². The van der Waals surface area contributed by atoms with Crippen LogP contribution in [0.1, 0.15) is 36.0 Å². The maximum Gasteiger partial charge on any atom is 0.392 e. The van der Waals surface area contributed by atoms with Gasteiger partial charge in [-0.3, -0.25) is 9.59 Å². The van der Waals surface area contributed by atoms with Crippen molar-refractivity contribution in [3.8, 4) is 0 Å². The summed E-state index contributed by atoms with van der Waals surface area (Å²) in [5.41, 5.74) is 1.89. The smallest absolute Gasteiger partial charge is 0.392 e. The summed E-state index contributed by atoms with van der Waals surface area (Å²) in [6.45, 7) is 2.66. The fourth-order valence-corrected chi connectivity index (χ4v) is 3.19. The van der Waals surface area contributed by atoms with Gasteiger partial charge < -0.3 is 10.4 Å². The topological polar surface area (TPSA) is 66.4 Å². The van der Waals surface area contributed by atoms with Crippen LogP contribution in [0.5, 0.6) is 0 Å². The van der Waals surface area contributed by atoms with E-state index in [-0.39, 0.29) is 18.4 Å². The van der Waals surface area contributed by atoms with Crippen LogP contribution in [0, 0.1) is 12.8 Å². The van der Waals surface area contributed by atoms with Gasteiger partial charge in [-0.2, -0.15) is 13.2 Å². The Morgan fingerprint density at radius 3 is 2.31 bits per heavy atom. The van der Waals surface area contributed by atoms with Gasteiger partial charge in [-0.25, -0.2) is 0 Å². The van der Waals surface area contributed by atoms with Crippen LogP contribution in [0.4, 0.5) is 18.9 Å². The number of rotatable bonds is 7. The van der Waals surface area contributed by atoms with E-state index in [0.29, 0.717) is 21.8 Å². The maximum atomic E-state index is 13.4. The first-order chi connectivity index (χ1) is 13.5. The lowest BCUT2D eigenvalue weighted by Gasteiger charge is -2.26. The minimum absolute atomic E-state index is 0.0866. The van der Waals surface area contributed by atoms with Crippen LogP contribution in [0.25, 0.3) is 0 Å². The second kappa shape index (κ2) is 9.31. The summed E-state index contributed by atoms with van der Waals surface area (Å²) < 4.78 is 40.3. The molecule has 0 spiro atoms. The van der Waals surface area contributed by atoms with Crippen LogP contribution >= 0.6 is 11.6 Å². The van der Waals surface area contributed by atoms with Gasteiger partial charge in [-0.1, -0.05) is 42.8 Å². The number of alkyl halides is 3. The molecule has 0 aliphatic carbocycles. The summed E-state index contributed by atoms with van der Waals surface area (Å²) in [5, 5.41) is 11.8. The van der Waals surface area contributed by atoms with Gasteiger partial charge in [-0.15, -0.1) is 0 Å². The minimum atomic E-state index is -4.57. The number of halogens is 4. The number of carboxylic acid groups (broad SMARTS) is 1. The summed E-state index contributed by atoms with van der Waals surface area (Å²) in [6.07, 6.45) is -4.40. The van der Waals surface area contributed by atoms with Crippen LogP contribution in [0.2, 0.25) is 5.02 Å². The molecule has 2 aromatic carbocycles. The second-order valence-electron chi connectivity index (χ2n) is 6.83. The Balaban J connectivity index is 2.34. The fraction of sp³-hybridized carbons (Fsp3) is 0.333. The second-order valence-corrected chi connectivity index (χ2v) is 7.27. The SMILES string of the molecule is Cc1c(CCC(=O)O)cccc1NC(=O)C(c1ccc(Cl)cc1)C(C)C(F)(F)F. The molecule has 0 heterocycles. The monoisotopic (exact) mass is 427 g/mol. The van der Waals surface area contributed by atoms with Crippen molar-refractivity contribution >= 4 is 29.2 Å². The molecular formula is C21H21ClF3NO3. The molecular weight excluding hydrogens is 407 g/mol. The first-order valence-electron chi connectivity index (χ1n) is 8.94. The summed E-state index contributed by atoms with van der Waals surface area (Å²) in [5.74, 6) is -5.13. The lowest BCUT2D eigenvalue weighted by atomic mass is 9.85. The lowest BCUT2D eigenvalue weighted by Crippen LogP contribution is -2.34. The van der Waals surface area contributed by atoms with Crippen LogP contribution in [-0.4, -0.2) is 23.2 Å². The number of aryl methyl sites for hydroxylation is 1. The van der Waals surface area contributed by atoms with Gasteiger partial charge in [0, 0.05) is 17.1 Å². The van der Waals surface area contributed by atoms with E-state index in [9.17, 15) is 22.8 Å². The molecule has 0 saturated heterocycles. The van der Waals surface area contributed by atoms with Crippen LogP contribution in [-0.2, 0) is 16.0 Å². The molecule has 2 unspecified atom stereocenters. The number of carboxylic acids is 1. The predicted octanol–water partition coefficient (Wildman–Crippen LogP) is 5.59. The Bertz CT molecular complexity index is 882. The number of hydrogen-bond donors (Lipinski definition) is 2. The highest BCUT2D eigenvalue weighted by Crippen LogP contribution is 2.38. The minimum Gasteiger partial charge on any atom is -0.481 e. The van der Waals surface area contributed by atoms with E-state index in [2.05, 4.69) is 5.32 Å². The number of anilines is 1. The standard InChI is InChI=1S/C21H21ClF3NO3/c1-12-14(8-11-18(27)28)4-3-5-17(12)26-20(29)19(13(2)21(23,24)25)15-6-9-16(22)10-7-15/h3-7,9-10,13,19H,8,11H2,1-2H3,(H,26,29)(H,27,28). The van der Waals surface area contributed by atoms with Crippen molar-refractivity contribution < 1.29 is 27.9 Å². The van der Waals surface area contributed by atoms with E-state index in [1.54, 1.807) is 25.1 Å². The Hall–Kier alpha value is -2.54. The number of amides is 1. The first-order valence-corrected chi connectivity index (χ1v) is 9.31. The predicted molar refractivity (Wildman–Crippen MR) is 105 cm³/mol. The Labute approximate surface area is 171 Å². The highest BCUT2D eigenvalue weighted by atomic mass is 35.5. The third-order valence-electron chi connectivity index (χ3n) is 4.84. The number of benzene rings is 2. The highest BCUT2D eigenvalue weighted by molar-refractivity contribution is 6.30. The van der Waals surface area contributed by atoms with Crippen LogP contribution < -0.4 is 5.32 Å². The molecule has 8 heteroatoms. The summed E-state index contributed by atoms with van der Waals surface area (Å²) in [4.78, 5) is 23.7. The van der Waals surface area contributed by atoms with Gasteiger partial charge in [0.15, 0.2) is 0 Å². The van der Waals surface area contributed by atoms with Crippen molar-refractivity contribution in [3.05, 3.63) is 64.2 Å². The molecule has 0 aliphatic rings. The van der Waals surface area contributed by atoms with Crippen molar-refractivity contribution in [1.82, 2.24) is 0 Å². The molecule has 2 aromatic rings. The normalized spacial score (nSPS) is 13.6. The van der Waals surface area contributed by atoms with Crippen molar-refractivity contribution in [3.63, 3.8) is 0 Å². The van der Waals surface area contributed by atoms with Crippen LogP contribution in [0.3, 0.4) is 0 Å². The molecule has 0 bridgehead atoms. The summed E-state index contributed by atoms with van der Waals surface area (Å²) >= 11 is 5.82. The van der Waals surface area contributed by atoms with Gasteiger partial charge in [0.25, 0.3) is 0 Å². The van der Waals surface area contributed by atoms with E-state index in [0.717, 1.165) is 6.92 Å². The van der Waals surface area contributed by atoms with Gasteiger partial charge in [0.05, 0.1) is 11.8 Å². The molecule has 2 rings (SSSR count). The van der Waals surface area contributed by atoms with E-state index in [1.807, 2.05) is 0 Å². The van der Waals surface area contributed by atoms with Crippen LogP contribution in [0.15, 0.2) is 42.5 Å². The van der Waals surface area contributed by atoms with E-state index in [1.165, 1.54) is 24.3 Å². The number of aliphatic carboxylic acids is 1. The molecule has 156 valence electrons. The van der Waals surface area contributed by atoms with E-state index in [4.69, 9.17) is 16.7 Å². The number of hydrogen-bond acceptors (Lipinski definition) is 2. The van der Waals surface area contributed by atoms with Crippen molar-refractivity contribution in [1.29, 1.82) is 0 Å². The molecule has 4 nitrogen and oxygen atoms in total. The molecule has 0 saturated carbocycles. The number of nitrogens with one attached hydrogen (secondary N) is 1.